The molecule has 2 unspecified atom stereocenters. The number of amides is 2. The van der Waals surface area contributed by atoms with Gasteiger partial charge in [-0.15, -0.1) is 0 Å². The zero-order valence-corrected chi connectivity index (χ0v) is 26.8. The second-order valence-corrected chi connectivity index (χ2v) is 14.4. The second-order valence-electron chi connectivity index (χ2n) is 14.4. The Morgan fingerprint density at radius 1 is 1.16 bits per heavy atom. The van der Waals surface area contributed by atoms with Crippen LogP contribution in [-0.4, -0.2) is 55.8 Å². The largest absolute Gasteiger partial charge is 0.444 e. The Morgan fingerprint density at radius 3 is 2.53 bits per heavy atom. The summed E-state index contributed by atoms with van der Waals surface area (Å²) in [6, 6.07) is 8.95. The van der Waals surface area contributed by atoms with Crippen LogP contribution in [0, 0.1) is 17.3 Å². The lowest BCUT2D eigenvalue weighted by atomic mass is 9.69. The van der Waals surface area contributed by atoms with Crippen molar-refractivity contribution in [2.45, 2.75) is 111 Å². The molecule has 2 aromatic rings. The van der Waals surface area contributed by atoms with Crippen molar-refractivity contribution in [3.63, 3.8) is 0 Å². The van der Waals surface area contributed by atoms with Crippen molar-refractivity contribution < 1.29 is 19.4 Å². The molecule has 2 heterocycles. The topological polar surface area (TPSA) is 114 Å². The molecule has 2 atom stereocenters. The Hall–Kier alpha value is -3.20. The predicted molar refractivity (Wildman–Crippen MR) is 167 cm³/mol. The van der Waals surface area contributed by atoms with Gasteiger partial charge in [-0.3, -0.25) is 14.2 Å². The van der Waals surface area contributed by atoms with Crippen LogP contribution in [0.1, 0.15) is 92.1 Å². The molecule has 0 radical (unpaired) electrons. The molecule has 43 heavy (non-hydrogen) atoms. The quantitative estimate of drug-likeness (QED) is 0.416. The van der Waals surface area contributed by atoms with E-state index in [2.05, 4.69) is 10.3 Å². The molecule has 1 aromatic carbocycles. The average Bonchev–Trinajstić information content (AvgIpc) is 2.94. The van der Waals surface area contributed by atoms with Crippen LogP contribution >= 0.6 is 0 Å². The van der Waals surface area contributed by atoms with Gasteiger partial charge in [0, 0.05) is 42.6 Å². The second kappa shape index (κ2) is 13.2. The molecule has 1 aliphatic carbocycles. The summed E-state index contributed by atoms with van der Waals surface area (Å²) in [4.78, 5) is 45.0. The molecule has 0 spiro atoms. The van der Waals surface area contributed by atoms with Crippen LogP contribution in [0.5, 0.6) is 0 Å². The third-order valence-corrected chi connectivity index (χ3v) is 9.16. The van der Waals surface area contributed by atoms with Crippen molar-refractivity contribution in [3.05, 3.63) is 52.6 Å². The number of piperidine rings is 1. The van der Waals surface area contributed by atoms with Gasteiger partial charge in [0.25, 0.3) is 5.56 Å². The van der Waals surface area contributed by atoms with E-state index in [1.54, 1.807) is 0 Å². The summed E-state index contributed by atoms with van der Waals surface area (Å²) in [6.07, 6.45) is 8.61. The number of benzene rings is 1. The molecule has 0 bridgehead atoms. The summed E-state index contributed by atoms with van der Waals surface area (Å²) in [6.45, 7) is 12.7. The Bertz CT molecular complexity index is 1340. The minimum absolute atomic E-state index is 0.0175. The first-order valence-corrected chi connectivity index (χ1v) is 15.8. The van der Waals surface area contributed by atoms with Crippen molar-refractivity contribution in [3.8, 4) is 11.3 Å². The zero-order valence-electron chi connectivity index (χ0n) is 26.8. The van der Waals surface area contributed by atoms with Crippen molar-refractivity contribution in [1.82, 2.24) is 19.8 Å². The molecule has 2 amide bonds. The van der Waals surface area contributed by atoms with E-state index in [-0.39, 0.29) is 30.5 Å². The molecular weight excluding hydrogens is 544 g/mol. The number of aliphatic hydroxyl groups is 1. The van der Waals surface area contributed by atoms with E-state index in [4.69, 9.17) is 4.74 Å². The number of nitrogens with one attached hydrogen (secondary N) is 1. The normalized spacial score (nSPS) is 21.7. The van der Waals surface area contributed by atoms with Crippen LogP contribution in [0.25, 0.3) is 11.3 Å². The third kappa shape index (κ3) is 8.46. The van der Waals surface area contributed by atoms with Crippen LogP contribution in [0.2, 0.25) is 0 Å². The van der Waals surface area contributed by atoms with Gasteiger partial charge in [-0.2, -0.15) is 0 Å². The molecule has 9 nitrogen and oxygen atoms in total. The summed E-state index contributed by atoms with van der Waals surface area (Å²) in [5.74, 6) is 0.796. The fourth-order valence-corrected chi connectivity index (χ4v) is 6.49. The van der Waals surface area contributed by atoms with Crippen molar-refractivity contribution >= 4 is 12.0 Å². The molecule has 4 rings (SSSR count). The maximum Gasteiger partial charge on any atom is 0.407 e. The number of nitrogens with zero attached hydrogens (tertiary/aromatic N) is 3. The van der Waals surface area contributed by atoms with Crippen LogP contribution in [0.4, 0.5) is 4.79 Å². The van der Waals surface area contributed by atoms with Gasteiger partial charge in [0.15, 0.2) is 0 Å². The highest BCUT2D eigenvalue weighted by Crippen LogP contribution is 2.40. The molecule has 2 fully saturated rings. The fraction of sp³-hybridized carbons (Fsp3) is 0.647. The Kier molecular flexibility index (Phi) is 10.0. The van der Waals surface area contributed by atoms with Crippen molar-refractivity contribution in [1.29, 1.82) is 0 Å². The average molecular weight is 595 g/mol. The maximum atomic E-state index is 13.4. The van der Waals surface area contributed by atoms with Crippen LogP contribution < -0.4 is 10.9 Å². The number of carbonyl (C=O) groups excluding carboxylic acids is 2. The predicted octanol–water partition coefficient (Wildman–Crippen LogP) is 5.53. The summed E-state index contributed by atoms with van der Waals surface area (Å²) in [7, 11) is 0. The van der Waals surface area contributed by atoms with E-state index in [0.717, 1.165) is 17.5 Å². The zero-order chi connectivity index (χ0) is 31.4. The number of ether oxygens (including phenoxy) is 1. The van der Waals surface area contributed by atoms with E-state index < -0.39 is 22.7 Å². The molecule has 9 heteroatoms. The number of carbonyl (C=O) groups is 2. The lowest BCUT2D eigenvalue weighted by Gasteiger charge is -2.50. The van der Waals surface area contributed by atoms with E-state index in [1.807, 2.05) is 70.7 Å². The van der Waals surface area contributed by atoms with Gasteiger partial charge in [-0.05, 0) is 51.2 Å². The van der Waals surface area contributed by atoms with E-state index in [9.17, 15) is 19.5 Å². The highest BCUT2D eigenvalue weighted by atomic mass is 16.6. The number of rotatable bonds is 8. The minimum Gasteiger partial charge on any atom is -0.444 e. The SMILES string of the molecule is CC(CC1CCCCC1)C(=O)N1CCC(O)(Cn2cnc(-c3cccc(CNC(=O)OC(C)(C)C)c3)cc2=O)C(C)(C)C1. The van der Waals surface area contributed by atoms with Crippen molar-refractivity contribution in [2.75, 3.05) is 13.1 Å². The smallest absolute Gasteiger partial charge is 0.407 e. The van der Waals surface area contributed by atoms with Gasteiger partial charge < -0.3 is 20.1 Å². The number of hydrogen-bond acceptors (Lipinski definition) is 6. The number of hydrogen-bond donors (Lipinski definition) is 2. The highest BCUT2D eigenvalue weighted by Gasteiger charge is 2.49. The molecule has 236 valence electrons. The monoisotopic (exact) mass is 594 g/mol. The summed E-state index contributed by atoms with van der Waals surface area (Å²) < 4.78 is 6.76. The van der Waals surface area contributed by atoms with E-state index in [1.165, 1.54) is 49.1 Å². The molecule has 1 aromatic heterocycles. The van der Waals surface area contributed by atoms with E-state index in [0.29, 0.717) is 31.1 Å². The lowest BCUT2D eigenvalue weighted by Crippen LogP contribution is -2.61. The molecular formula is C34H50N4O5. The summed E-state index contributed by atoms with van der Waals surface area (Å²) in [5.41, 5.74) is -0.509. The highest BCUT2D eigenvalue weighted by molar-refractivity contribution is 5.78. The Morgan fingerprint density at radius 2 is 1.88 bits per heavy atom. The van der Waals surface area contributed by atoms with Gasteiger partial charge in [-0.25, -0.2) is 9.78 Å². The van der Waals surface area contributed by atoms with Crippen LogP contribution in [0.3, 0.4) is 0 Å². The molecule has 1 saturated heterocycles. The molecule has 2 aliphatic rings. The van der Waals surface area contributed by atoms with Gasteiger partial charge in [-0.1, -0.05) is 71.1 Å². The third-order valence-electron chi connectivity index (χ3n) is 9.16. The van der Waals surface area contributed by atoms with Gasteiger partial charge >= 0.3 is 6.09 Å². The Labute approximate surface area is 256 Å². The summed E-state index contributed by atoms with van der Waals surface area (Å²) >= 11 is 0. The van der Waals surface area contributed by atoms with Gasteiger partial charge in [0.05, 0.1) is 24.2 Å². The first-order valence-electron chi connectivity index (χ1n) is 15.8. The van der Waals surface area contributed by atoms with Crippen LogP contribution in [-0.2, 0) is 22.6 Å². The van der Waals surface area contributed by atoms with Gasteiger partial charge in [0.2, 0.25) is 5.91 Å². The first-order chi connectivity index (χ1) is 20.2. The standard InChI is InChI=1S/C34H50N4O5/c1-24(17-25-11-8-7-9-12-25)30(40)37-16-15-34(42,33(5,6)21-37)22-38-23-36-28(19-29(38)39)27-14-10-13-26(18-27)20-35-31(41)43-32(2,3)4/h10,13-14,18-19,23-25,42H,7-9,11-12,15-17,20-22H2,1-6H3,(H,35,41). The number of likely N-dealkylation sites (tertiary alicyclic amines) is 1. The van der Waals surface area contributed by atoms with Crippen LogP contribution in [0.15, 0.2) is 41.5 Å². The lowest BCUT2D eigenvalue weighted by molar-refractivity contribution is -0.157. The van der Waals surface area contributed by atoms with E-state index >= 15 is 0 Å². The number of aromatic nitrogens is 2. The number of alkyl carbamates (subject to hydrolysis) is 1. The minimum atomic E-state index is -1.17. The molecule has 1 saturated carbocycles. The first kappa shape index (κ1) is 32.7. The van der Waals surface area contributed by atoms with Crippen molar-refractivity contribution in [2.24, 2.45) is 17.3 Å². The maximum absolute atomic E-state index is 13.4. The molecule has 1 aliphatic heterocycles. The summed E-state index contributed by atoms with van der Waals surface area (Å²) in [5, 5.41) is 14.5. The fourth-order valence-electron chi connectivity index (χ4n) is 6.49. The Balaban J connectivity index is 1.39. The molecule has 2 N–H and O–H groups in total. The van der Waals surface area contributed by atoms with Gasteiger partial charge in [0.1, 0.15) is 5.60 Å².